The van der Waals surface area contributed by atoms with E-state index in [0.717, 1.165) is 11.5 Å². The van der Waals surface area contributed by atoms with E-state index < -0.39 is 0 Å². The Hall–Kier alpha value is -1.51. The molecule has 2 rings (SSSR count). The number of hydrogen-bond donors (Lipinski definition) is 1. The molecule has 0 fully saturated rings. The minimum atomic E-state index is -0.0289. The van der Waals surface area contributed by atoms with Crippen LogP contribution in [0.4, 0.5) is 5.95 Å². The molecule has 0 saturated carbocycles. The Morgan fingerprint density at radius 3 is 1.95 bits per heavy atom. The van der Waals surface area contributed by atoms with Gasteiger partial charge in [-0.25, -0.2) is 4.98 Å². The van der Waals surface area contributed by atoms with E-state index in [1.54, 1.807) is 0 Å². The Bertz CT molecular complexity index is 673. The number of hydrogen-bond acceptors (Lipinski definition) is 2. The van der Waals surface area contributed by atoms with Crippen molar-refractivity contribution in [1.29, 1.82) is 0 Å². The summed E-state index contributed by atoms with van der Waals surface area (Å²) in [4.78, 5) is 4.84. The molecule has 3 nitrogen and oxygen atoms in total. The summed E-state index contributed by atoms with van der Waals surface area (Å²) >= 11 is 0. The molecule has 0 amide bonds. The van der Waals surface area contributed by atoms with Crippen molar-refractivity contribution in [2.45, 2.75) is 78.8 Å². The van der Waals surface area contributed by atoms with Gasteiger partial charge in [0, 0.05) is 11.1 Å². The molecule has 0 aliphatic rings. The molecular weight excluding hydrogens is 270 g/mol. The molecule has 3 heteroatoms. The highest BCUT2D eigenvalue weighted by Gasteiger charge is 2.25. The number of aromatic nitrogens is 2. The van der Waals surface area contributed by atoms with Crippen LogP contribution in [0, 0.1) is 0 Å². The third-order valence-electron chi connectivity index (χ3n) is 3.68. The quantitative estimate of drug-likeness (QED) is 0.774. The van der Waals surface area contributed by atoms with Gasteiger partial charge in [0.25, 0.3) is 0 Å². The summed E-state index contributed by atoms with van der Waals surface area (Å²) in [6.07, 6.45) is 0. The second kappa shape index (κ2) is 5.00. The zero-order valence-electron chi connectivity index (χ0n) is 15.6. The van der Waals surface area contributed by atoms with Gasteiger partial charge < -0.3 is 9.88 Å². The van der Waals surface area contributed by atoms with Gasteiger partial charge in [0.2, 0.25) is 5.95 Å². The maximum atomic E-state index is 4.84. The van der Waals surface area contributed by atoms with E-state index in [1.165, 1.54) is 11.1 Å². The smallest absolute Gasteiger partial charge is 0.204 e. The van der Waals surface area contributed by atoms with Crippen LogP contribution in [0.2, 0.25) is 0 Å². The second-order valence-electron chi connectivity index (χ2n) is 9.27. The predicted molar refractivity (Wildman–Crippen MR) is 96.8 cm³/mol. The van der Waals surface area contributed by atoms with Gasteiger partial charge in [-0.1, -0.05) is 26.8 Å². The van der Waals surface area contributed by atoms with E-state index in [1.807, 2.05) is 0 Å². The normalized spacial score (nSPS) is 13.7. The summed E-state index contributed by atoms with van der Waals surface area (Å²) in [5.41, 5.74) is 3.68. The molecule has 0 aliphatic carbocycles. The number of anilines is 1. The van der Waals surface area contributed by atoms with Crippen molar-refractivity contribution in [2.75, 3.05) is 5.32 Å². The zero-order valence-corrected chi connectivity index (χ0v) is 15.6. The molecule has 0 spiro atoms. The van der Waals surface area contributed by atoms with Gasteiger partial charge in [-0.05, 0) is 64.7 Å². The second-order valence-corrected chi connectivity index (χ2v) is 9.27. The maximum absolute atomic E-state index is 4.84. The minimum Gasteiger partial charge on any atom is -0.351 e. The number of fused-ring (bicyclic) bond motifs is 1. The molecule has 0 bridgehead atoms. The lowest BCUT2D eigenvalue weighted by atomic mass is 9.87. The van der Waals surface area contributed by atoms with Crippen molar-refractivity contribution in [3.63, 3.8) is 0 Å². The number of nitrogens with one attached hydrogen (secondary N) is 1. The van der Waals surface area contributed by atoms with Crippen LogP contribution in [0.15, 0.2) is 18.2 Å². The van der Waals surface area contributed by atoms with Crippen LogP contribution in [0.25, 0.3) is 11.0 Å². The number of imidazole rings is 1. The van der Waals surface area contributed by atoms with Crippen LogP contribution < -0.4 is 5.32 Å². The molecule has 1 heterocycles. The van der Waals surface area contributed by atoms with Crippen molar-refractivity contribution in [3.05, 3.63) is 23.8 Å². The summed E-state index contributed by atoms with van der Waals surface area (Å²) in [6, 6.07) is 6.64. The van der Waals surface area contributed by atoms with Crippen molar-refractivity contribution in [1.82, 2.24) is 9.55 Å². The van der Waals surface area contributed by atoms with E-state index in [4.69, 9.17) is 4.98 Å². The highest BCUT2D eigenvalue weighted by Crippen LogP contribution is 2.32. The lowest BCUT2D eigenvalue weighted by molar-refractivity contribution is 0.409. The largest absolute Gasteiger partial charge is 0.351 e. The van der Waals surface area contributed by atoms with Crippen LogP contribution in [0.5, 0.6) is 0 Å². The van der Waals surface area contributed by atoms with E-state index >= 15 is 0 Å². The van der Waals surface area contributed by atoms with Crippen LogP contribution in [-0.2, 0) is 11.0 Å². The Labute approximate surface area is 135 Å². The van der Waals surface area contributed by atoms with Crippen molar-refractivity contribution >= 4 is 17.0 Å². The van der Waals surface area contributed by atoms with Crippen molar-refractivity contribution in [2.24, 2.45) is 0 Å². The fourth-order valence-electron chi connectivity index (χ4n) is 2.64. The molecule has 1 aromatic heterocycles. The molecule has 1 aromatic carbocycles. The van der Waals surface area contributed by atoms with Crippen LogP contribution in [0.3, 0.4) is 0 Å². The summed E-state index contributed by atoms with van der Waals surface area (Å²) in [7, 11) is 0. The monoisotopic (exact) mass is 301 g/mol. The molecular formula is C19H31N3. The van der Waals surface area contributed by atoms with Crippen LogP contribution >= 0.6 is 0 Å². The fraction of sp³-hybridized carbons (Fsp3) is 0.632. The predicted octanol–water partition coefficient (Wildman–Crippen LogP) is 5.30. The van der Waals surface area contributed by atoms with E-state index in [9.17, 15) is 0 Å². The Morgan fingerprint density at radius 1 is 0.909 bits per heavy atom. The number of rotatable bonds is 1. The SMILES string of the molecule is CC(C)(C)Nc1nc2ccc(C(C)(C)C)cc2n1C(C)(C)C. The first kappa shape index (κ1) is 16.9. The van der Waals surface area contributed by atoms with Gasteiger partial charge in [-0.15, -0.1) is 0 Å². The van der Waals surface area contributed by atoms with Gasteiger partial charge in [0.15, 0.2) is 0 Å². The molecule has 22 heavy (non-hydrogen) atoms. The first-order chi connectivity index (χ1) is 9.79. The topological polar surface area (TPSA) is 29.9 Å². The third-order valence-corrected chi connectivity index (χ3v) is 3.68. The number of benzene rings is 1. The third kappa shape index (κ3) is 3.45. The molecule has 1 N–H and O–H groups in total. The average molecular weight is 301 g/mol. The van der Waals surface area contributed by atoms with Crippen molar-refractivity contribution in [3.8, 4) is 0 Å². The molecule has 0 atom stereocenters. The highest BCUT2D eigenvalue weighted by molar-refractivity contribution is 5.80. The average Bonchev–Trinajstić information content (AvgIpc) is 2.60. The van der Waals surface area contributed by atoms with Gasteiger partial charge in [0.05, 0.1) is 11.0 Å². The summed E-state index contributed by atoms with van der Waals surface area (Å²) in [5, 5.41) is 3.56. The zero-order chi connectivity index (χ0) is 16.9. The fourth-order valence-corrected chi connectivity index (χ4v) is 2.64. The Kier molecular flexibility index (Phi) is 3.83. The molecule has 122 valence electrons. The van der Waals surface area contributed by atoms with E-state index in [-0.39, 0.29) is 16.5 Å². The minimum absolute atomic E-state index is 0.0166. The first-order valence-corrected chi connectivity index (χ1v) is 8.11. The van der Waals surface area contributed by atoms with E-state index in [2.05, 4.69) is 90.4 Å². The van der Waals surface area contributed by atoms with Gasteiger partial charge in [0.1, 0.15) is 0 Å². The Balaban J connectivity index is 2.72. The Morgan fingerprint density at radius 2 is 1.50 bits per heavy atom. The first-order valence-electron chi connectivity index (χ1n) is 8.11. The van der Waals surface area contributed by atoms with Crippen molar-refractivity contribution < 1.29 is 0 Å². The van der Waals surface area contributed by atoms with Crippen LogP contribution in [-0.4, -0.2) is 15.1 Å². The highest BCUT2D eigenvalue weighted by atomic mass is 15.3. The summed E-state index contributed by atoms with van der Waals surface area (Å²) < 4.78 is 2.32. The summed E-state index contributed by atoms with van der Waals surface area (Å²) in [5.74, 6) is 0.945. The molecule has 0 unspecified atom stereocenters. The number of nitrogens with zero attached hydrogens (tertiary/aromatic N) is 2. The molecule has 2 aromatic rings. The lowest BCUT2D eigenvalue weighted by Gasteiger charge is -2.29. The van der Waals surface area contributed by atoms with Gasteiger partial charge in [-0.2, -0.15) is 0 Å². The molecule has 0 aliphatic heterocycles. The maximum Gasteiger partial charge on any atom is 0.204 e. The molecule has 0 saturated heterocycles. The summed E-state index contributed by atoms with van der Waals surface area (Å²) in [6.45, 7) is 19.9. The lowest BCUT2D eigenvalue weighted by Crippen LogP contribution is -2.31. The molecule has 0 radical (unpaired) electrons. The standard InChI is InChI=1S/C19H31N3/c1-17(2,3)13-10-11-14-15(12-13)22(19(7,8)9)16(20-14)21-18(4,5)6/h10-12H,1-9H3,(H,20,21). The van der Waals surface area contributed by atoms with Crippen LogP contribution in [0.1, 0.15) is 67.9 Å². The van der Waals surface area contributed by atoms with Gasteiger partial charge >= 0.3 is 0 Å². The van der Waals surface area contributed by atoms with E-state index in [0.29, 0.717) is 0 Å². The van der Waals surface area contributed by atoms with Gasteiger partial charge in [-0.3, -0.25) is 0 Å².